The molecule has 2 aromatic carbocycles. The summed E-state index contributed by atoms with van der Waals surface area (Å²) in [6.07, 6.45) is 0.435. The summed E-state index contributed by atoms with van der Waals surface area (Å²) in [5.41, 5.74) is 3.89. The number of thioether (sulfide) groups is 1. The molecule has 0 saturated carbocycles. The van der Waals surface area contributed by atoms with E-state index in [2.05, 4.69) is 20.8 Å². The van der Waals surface area contributed by atoms with Crippen LogP contribution in [0.1, 0.15) is 24.5 Å². The molecule has 2 amide bonds. The minimum atomic E-state index is -0.0545. The predicted octanol–water partition coefficient (Wildman–Crippen LogP) is 3.55. The Balaban J connectivity index is 1.55. The second kappa shape index (κ2) is 10.1. The molecule has 3 rings (SSSR count). The Labute approximate surface area is 180 Å². The third-order valence-electron chi connectivity index (χ3n) is 4.53. The first-order valence-electron chi connectivity index (χ1n) is 9.71. The first-order valence-corrected chi connectivity index (χ1v) is 10.7. The van der Waals surface area contributed by atoms with Gasteiger partial charge in [0.25, 0.3) is 0 Å². The van der Waals surface area contributed by atoms with Crippen molar-refractivity contribution < 1.29 is 9.59 Å². The lowest BCUT2D eigenvalue weighted by atomic mass is 10.1. The van der Waals surface area contributed by atoms with Crippen LogP contribution in [0.3, 0.4) is 0 Å². The first kappa shape index (κ1) is 21.6. The SMILES string of the molecule is CCC(=O)Nc1ccc(-c2nnc(SCC(=O)NCc3ccc(C)cc3)n2C)cc1. The zero-order chi connectivity index (χ0) is 21.5. The lowest BCUT2D eigenvalue weighted by Gasteiger charge is -2.07. The molecule has 8 heteroatoms. The van der Waals surface area contributed by atoms with Gasteiger partial charge in [-0.2, -0.15) is 0 Å². The minimum absolute atomic E-state index is 0.0271. The Hall–Kier alpha value is -3.13. The van der Waals surface area contributed by atoms with Gasteiger partial charge in [-0.3, -0.25) is 9.59 Å². The molecule has 0 radical (unpaired) electrons. The summed E-state index contributed by atoms with van der Waals surface area (Å²) >= 11 is 1.34. The van der Waals surface area contributed by atoms with Gasteiger partial charge in [0.15, 0.2) is 11.0 Å². The minimum Gasteiger partial charge on any atom is -0.351 e. The molecule has 0 atom stereocenters. The van der Waals surface area contributed by atoms with Gasteiger partial charge in [0.05, 0.1) is 5.75 Å². The van der Waals surface area contributed by atoms with E-state index < -0.39 is 0 Å². The fraction of sp³-hybridized carbons (Fsp3) is 0.273. The maximum absolute atomic E-state index is 12.2. The number of nitrogens with zero attached hydrogens (tertiary/aromatic N) is 3. The molecule has 1 heterocycles. The van der Waals surface area contributed by atoms with E-state index in [1.807, 2.05) is 74.0 Å². The molecule has 156 valence electrons. The van der Waals surface area contributed by atoms with E-state index in [-0.39, 0.29) is 17.6 Å². The molecule has 0 spiro atoms. The Morgan fingerprint density at radius 2 is 1.70 bits per heavy atom. The summed E-state index contributed by atoms with van der Waals surface area (Å²) in [4.78, 5) is 23.7. The molecule has 0 bridgehead atoms. The molecule has 0 aliphatic carbocycles. The van der Waals surface area contributed by atoms with E-state index in [1.54, 1.807) is 0 Å². The van der Waals surface area contributed by atoms with Crippen LogP contribution in [0.5, 0.6) is 0 Å². The van der Waals surface area contributed by atoms with Crippen molar-refractivity contribution >= 4 is 29.3 Å². The first-order chi connectivity index (χ1) is 14.5. The van der Waals surface area contributed by atoms with Crippen molar-refractivity contribution in [3.8, 4) is 11.4 Å². The number of hydrogen-bond acceptors (Lipinski definition) is 5. The van der Waals surface area contributed by atoms with Crippen molar-refractivity contribution in [1.82, 2.24) is 20.1 Å². The summed E-state index contributed by atoms with van der Waals surface area (Å²) in [5, 5.41) is 14.9. The summed E-state index contributed by atoms with van der Waals surface area (Å²) in [6, 6.07) is 15.5. The van der Waals surface area contributed by atoms with Crippen LogP contribution in [0.15, 0.2) is 53.7 Å². The predicted molar refractivity (Wildman–Crippen MR) is 119 cm³/mol. The van der Waals surface area contributed by atoms with Crippen molar-refractivity contribution in [2.45, 2.75) is 32.0 Å². The molecule has 0 aliphatic heterocycles. The molecule has 0 aliphatic rings. The zero-order valence-electron chi connectivity index (χ0n) is 17.3. The van der Waals surface area contributed by atoms with Gasteiger partial charge in [-0.05, 0) is 36.8 Å². The van der Waals surface area contributed by atoms with Crippen LogP contribution in [0.25, 0.3) is 11.4 Å². The van der Waals surface area contributed by atoms with Crippen LogP contribution in [-0.4, -0.2) is 32.3 Å². The second-order valence-corrected chi connectivity index (χ2v) is 7.84. The fourth-order valence-corrected chi connectivity index (χ4v) is 3.47. The number of benzene rings is 2. The molecule has 1 aromatic heterocycles. The van der Waals surface area contributed by atoms with E-state index >= 15 is 0 Å². The lowest BCUT2D eigenvalue weighted by molar-refractivity contribution is -0.118. The third-order valence-corrected chi connectivity index (χ3v) is 5.55. The van der Waals surface area contributed by atoms with Crippen molar-refractivity contribution in [2.75, 3.05) is 11.1 Å². The zero-order valence-corrected chi connectivity index (χ0v) is 18.1. The topological polar surface area (TPSA) is 88.9 Å². The third kappa shape index (κ3) is 5.70. The van der Waals surface area contributed by atoms with Gasteiger partial charge in [-0.25, -0.2) is 0 Å². The average Bonchev–Trinajstić information content (AvgIpc) is 3.12. The molecular formula is C22H25N5O2S. The molecule has 2 N–H and O–H groups in total. The number of amides is 2. The number of aromatic nitrogens is 3. The molecule has 0 saturated heterocycles. The second-order valence-electron chi connectivity index (χ2n) is 6.90. The number of carbonyl (C=O) groups is 2. The van der Waals surface area contributed by atoms with E-state index in [9.17, 15) is 9.59 Å². The Kier molecular flexibility index (Phi) is 7.24. The highest BCUT2D eigenvalue weighted by Crippen LogP contribution is 2.24. The standard InChI is InChI=1S/C22H25N5O2S/c1-4-19(28)24-18-11-9-17(10-12-18)21-25-26-22(27(21)3)30-14-20(29)23-13-16-7-5-15(2)6-8-16/h5-12H,4,13-14H2,1-3H3,(H,23,29)(H,24,28). The van der Waals surface area contributed by atoms with Gasteiger partial charge >= 0.3 is 0 Å². The van der Waals surface area contributed by atoms with Crippen LogP contribution < -0.4 is 10.6 Å². The summed E-state index contributed by atoms with van der Waals surface area (Å²) < 4.78 is 1.86. The van der Waals surface area contributed by atoms with Crippen molar-refractivity contribution in [3.63, 3.8) is 0 Å². The Morgan fingerprint density at radius 3 is 2.37 bits per heavy atom. The highest BCUT2D eigenvalue weighted by Gasteiger charge is 2.13. The van der Waals surface area contributed by atoms with Crippen LogP contribution in [-0.2, 0) is 23.2 Å². The monoisotopic (exact) mass is 423 g/mol. The average molecular weight is 424 g/mol. The van der Waals surface area contributed by atoms with Gasteiger partial charge in [0, 0.05) is 31.3 Å². The largest absolute Gasteiger partial charge is 0.351 e. The van der Waals surface area contributed by atoms with Gasteiger partial charge in [-0.1, -0.05) is 48.5 Å². The number of hydrogen-bond donors (Lipinski definition) is 2. The maximum Gasteiger partial charge on any atom is 0.230 e. The summed E-state index contributed by atoms with van der Waals surface area (Å²) in [5.74, 6) is 0.882. The smallest absolute Gasteiger partial charge is 0.230 e. The quantitative estimate of drug-likeness (QED) is 0.541. The molecule has 0 fully saturated rings. The molecule has 0 unspecified atom stereocenters. The number of aryl methyl sites for hydroxylation is 1. The number of anilines is 1. The van der Waals surface area contributed by atoms with Gasteiger partial charge in [-0.15, -0.1) is 10.2 Å². The van der Waals surface area contributed by atoms with E-state index in [1.165, 1.54) is 17.3 Å². The van der Waals surface area contributed by atoms with Gasteiger partial charge < -0.3 is 15.2 Å². The van der Waals surface area contributed by atoms with E-state index in [0.29, 0.717) is 23.9 Å². The Morgan fingerprint density at radius 1 is 1.00 bits per heavy atom. The number of nitrogens with one attached hydrogen (secondary N) is 2. The molecular weight excluding hydrogens is 398 g/mol. The summed E-state index contributed by atoms with van der Waals surface area (Å²) in [7, 11) is 1.87. The van der Waals surface area contributed by atoms with Crippen LogP contribution >= 0.6 is 11.8 Å². The molecule has 30 heavy (non-hydrogen) atoms. The normalized spacial score (nSPS) is 10.6. The number of rotatable bonds is 8. The van der Waals surface area contributed by atoms with Crippen LogP contribution in [0, 0.1) is 6.92 Å². The molecule has 3 aromatic rings. The van der Waals surface area contributed by atoms with Crippen molar-refractivity contribution in [1.29, 1.82) is 0 Å². The van der Waals surface area contributed by atoms with Gasteiger partial charge in [0.1, 0.15) is 0 Å². The van der Waals surface area contributed by atoms with Gasteiger partial charge in [0.2, 0.25) is 11.8 Å². The highest BCUT2D eigenvalue weighted by atomic mass is 32.2. The maximum atomic E-state index is 12.2. The van der Waals surface area contributed by atoms with Crippen LogP contribution in [0.4, 0.5) is 5.69 Å². The van der Waals surface area contributed by atoms with E-state index in [4.69, 9.17) is 0 Å². The fourth-order valence-electron chi connectivity index (χ4n) is 2.73. The summed E-state index contributed by atoms with van der Waals surface area (Å²) in [6.45, 7) is 4.35. The van der Waals surface area contributed by atoms with Crippen molar-refractivity contribution in [2.24, 2.45) is 7.05 Å². The van der Waals surface area contributed by atoms with E-state index in [0.717, 1.165) is 16.8 Å². The lowest BCUT2D eigenvalue weighted by Crippen LogP contribution is -2.24. The van der Waals surface area contributed by atoms with Crippen molar-refractivity contribution in [3.05, 3.63) is 59.7 Å². The Bertz CT molecular complexity index is 1010. The number of carbonyl (C=O) groups excluding carboxylic acids is 2. The van der Waals surface area contributed by atoms with Crippen LogP contribution in [0.2, 0.25) is 0 Å². The molecule has 7 nitrogen and oxygen atoms in total. The highest BCUT2D eigenvalue weighted by molar-refractivity contribution is 7.99.